The Labute approximate surface area is 204 Å². The Balaban J connectivity index is 1.78. The molecule has 10 nitrogen and oxygen atoms in total. The molecule has 12 heteroatoms. The lowest BCUT2D eigenvalue weighted by Gasteiger charge is -2.18. The van der Waals surface area contributed by atoms with Crippen LogP contribution >= 0.6 is 15.9 Å². The molecule has 0 unspecified atom stereocenters. The summed E-state index contributed by atoms with van der Waals surface area (Å²) in [6, 6.07) is 7.85. The van der Waals surface area contributed by atoms with Gasteiger partial charge in [-0.1, -0.05) is 18.2 Å². The van der Waals surface area contributed by atoms with Gasteiger partial charge in [0.2, 0.25) is 0 Å². The number of rotatable bonds is 6. The number of aromatic nitrogens is 2. The van der Waals surface area contributed by atoms with Crippen molar-refractivity contribution in [1.29, 1.82) is 0 Å². The van der Waals surface area contributed by atoms with Crippen molar-refractivity contribution < 1.29 is 27.5 Å². The van der Waals surface area contributed by atoms with Gasteiger partial charge in [-0.25, -0.2) is 27.0 Å². The molecule has 0 spiro atoms. The van der Waals surface area contributed by atoms with E-state index in [4.69, 9.17) is 4.74 Å². The highest BCUT2D eigenvalue weighted by Crippen LogP contribution is 2.37. The predicted molar refractivity (Wildman–Crippen MR) is 128 cm³/mol. The first-order valence-electron chi connectivity index (χ1n) is 10.5. The van der Waals surface area contributed by atoms with Gasteiger partial charge in [-0.3, -0.25) is 0 Å². The van der Waals surface area contributed by atoms with Crippen LogP contribution in [0.1, 0.15) is 29.6 Å². The van der Waals surface area contributed by atoms with Crippen molar-refractivity contribution in [2.24, 2.45) is 0 Å². The Bertz CT molecular complexity index is 1340. The van der Waals surface area contributed by atoms with Gasteiger partial charge >= 0.3 is 12.1 Å². The average Bonchev–Trinajstić information content (AvgIpc) is 3.43. The first-order chi connectivity index (χ1) is 16.3. The maximum atomic E-state index is 13.3. The minimum Gasteiger partial charge on any atom is -0.465 e. The molecule has 0 radical (unpaired) electrons. The number of benzene rings is 1. The van der Waals surface area contributed by atoms with Crippen molar-refractivity contribution in [2.45, 2.75) is 36.2 Å². The first kappa shape index (κ1) is 24.0. The quantitative estimate of drug-likeness (QED) is 0.446. The van der Waals surface area contributed by atoms with E-state index < -0.39 is 22.1 Å². The third kappa shape index (κ3) is 4.47. The number of alkyl carbamates (subject to hydrolysis) is 1. The van der Waals surface area contributed by atoms with Crippen molar-refractivity contribution in [3.05, 3.63) is 52.8 Å². The van der Waals surface area contributed by atoms with Crippen LogP contribution in [0.2, 0.25) is 0 Å². The zero-order chi connectivity index (χ0) is 24.5. The van der Waals surface area contributed by atoms with Gasteiger partial charge < -0.3 is 20.1 Å². The number of nitrogens with one attached hydrogen (secondary N) is 2. The molecule has 1 aromatic carbocycles. The van der Waals surface area contributed by atoms with Crippen molar-refractivity contribution in [2.75, 3.05) is 19.5 Å². The molecule has 1 fully saturated rings. The summed E-state index contributed by atoms with van der Waals surface area (Å²) in [6.07, 6.45) is 4.26. The number of ether oxygens (including phenoxy) is 2. The molecule has 180 valence electrons. The minimum absolute atomic E-state index is 0.0860. The second-order valence-electron chi connectivity index (χ2n) is 7.82. The number of nitrogens with zero attached hydrogens (tertiary/aromatic N) is 2. The van der Waals surface area contributed by atoms with Crippen LogP contribution in [0, 0.1) is 0 Å². The molecule has 2 heterocycles. The molecular weight excluding hydrogens is 528 g/mol. The summed E-state index contributed by atoms with van der Waals surface area (Å²) >= 11 is 3.45. The maximum absolute atomic E-state index is 13.3. The van der Waals surface area contributed by atoms with E-state index in [0.717, 1.165) is 16.8 Å². The summed E-state index contributed by atoms with van der Waals surface area (Å²) in [4.78, 5) is 28.5. The fourth-order valence-electron chi connectivity index (χ4n) is 4.10. The monoisotopic (exact) mass is 550 g/mol. The molecule has 1 saturated carbocycles. The van der Waals surface area contributed by atoms with Crippen LogP contribution in [0.4, 0.5) is 10.5 Å². The SMILES string of the molecule is COC(=O)N[C@@H]1CC[C@@H](Nc2c(C(=O)OC)cnc3c2c(Br)cn3S(=O)(=O)c2ccccc2)C1. The number of fused-ring (bicyclic) bond motifs is 1. The largest absolute Gasteiger partial charge is 0.465 e. The summed E-state index contributed by atoms with van der Waals surface area (Å²) in [5.74, 6) is -0.607. The predicted octanol–water partition coefficient (Wildman–Crippen LogP) is 3.51. The normalized spacial score (nSPS) is 18.0. The lowest BCUT2D eigenvalue weighted by atomic mass is 10.1. The Morgan fingerprint density at radius 3 is 2.50 bits per heavy atom. The Kier molecular flexibility index (Phi) is 6.80. The Morgan fingerprint density at radius 2 is 1.82 bits per heavy atom. The fraction of sp³-hybridized carbons (Fsp3) is 0.318. The second kappa shape index (κ2) is 9.63. The van der Waals surface area contributed by atoms with E-state index in [1.165, 1.54) is 38.7 Å². The Hall–Kier alpha value is -3.12. The number of esters is 1. The molecule has 2 N–H and O–H groups in total. The molecule has 1 aliphatic rings. The lowest BCUT2D eigenvalue weighted by Crippen LogP contribution is -2.33. The standard InChI is InChI=1S/C22H23BrN4O6S/c1-32-21(28)16-11-24-20-18(19(16)25-13-8-9-14(10-13)26-22(29)33-2)17(23)12-27(20)34(30,31)15-6-4-3-5-7-15/h3-7,11-14H,8-10H2,1-2H3,(H,24,25)(H,26,29)/t13-,14-/m1/s1. The third-order valence-electron chi connectivity index (χ3n) is 5.73. The number of pyridine rings is 1. The van der Waals surface area contributed by atoms with Crippen LogP contribution in [0.25, 0.3) is 11.0 Å². The summed E-state index contributed by atoms with van der Waals surface area (Å²) in [5.41, 5.74) is 0.748. The summed E-state index contributed by atoms with van der Waals surface area (Å²) in [6.45, 7) is 0. The van der Waals surface area contributed by atoms with E-state index in [9.17, 15) is 18.0 Å². The van der Waals surface area contributed by atoms with Crippen molar-refractivity contribution >= 4 is 54.7 Å². The second-order valence-corrected chi connectivity index (χ2v) is 10.5. The van der Waals surface area contributed by atoms with Gasteiger partial charge in [-0.2, -0.15) is 0 Å². The molecule has 1 aliphatic carbocycles. The zero-order valence-corrected chi connectivity index (χ0v) is 20.9. The van der Waals surface area contributed by atoms with Crippen molar-refractivity contribution in [1.82, 2.24) is 14.3 Å². The third-order valence-corrected chi connectivity index (χ3v) is 8.00. The summed E-state index contributed by atoms with van der Waals surface area (Å²) < 4.78 is 37.7. The molecule has 4 rings (SSSR count). The van der Waals surface area contributed by atoms with Crippen LogP contribution < -0.4 is 10.6 Å². The van der Waals surface area contributed by atoms with E-state index in [2.05, 4.69) is 36.3 Å². The van der Waals surface area contributed by atoms with Gasteiger partial charge in [0, 0.05) is 29.0 Å². The lowest BCUT2D eigenvalue weighted by molar-refractivity contribution is 0.0601. The van der Waals surface area contributed by atoms with E-state index in [0.29, 0.717) is 22.0 Å². The molecule has 1 amide bonds. The number of methoxy groups -OCH3 is 2. The van der Waals surface area contributed by atoms with Crippen molar-refractivity contribution in [3.63, 3.8) is 0 Å². The summed E-state index contributed by atoms with van der Waals surface area (Å²) in [7, 11) is -1.36. The minimum atomic E-state index is -3.93. The van der Waals surface area contributed by atoms with Crippen LogP contribution in [0.15, 0.2) is 52.1 Å². The van der Waals surface area contributed by atoms with Gasteiger partial charge in [0.25, 0.3) is 10.0 Å². The van der Waals surface area contributed by atoms with Crippen LogP contribution in [0.5, 0.6) is 0 Å². The topological polar surface area (TPSA) is 129 Å². The highest BCUT2D eigenvalue weighted by Gasteiger charge is 2.30. The van der Waals surface area contributed by atoms with E-state index in [-0.39, 0.29) is 28.2 Å². The number of carbonyl (C=O) groups excluding carboxylic acids is 2. The van der Waals surface area contributed by atoms with E-state index in [1.807, 2.05) is 0 Å². The Morgan fingerprint density at radius 1 is 1.12 bits per heavy atom. The smallest absolute Gasteiger partial charge is 0.407 e. The van der Waals surface area contributed by atoms with Gasteiger partial charge in [0.05, 0.1) is 30.2 Å². The number of hydrogen-bond donors (Lipinski definition) is 2. The van der Waals surface area contributed by atoms with Crippen LogP contribution in [-0.4, -0.2) is 55.7 Å². The summed E-state index contributed by atoms with van der Waals surface area (Å²) in [5, 5.41) is 6.59. The average molecular weight is 551 g/mol. The molecule has 0 saturated heterocycles. The first-order valence-corrected chi connectivity index (χ1v) is 12.7. The molecule has 2 atom stereocenters. The van der Waals surface area contributed by atoms with Gasteiger partial charge in [-0.05, 0) is 47.3 Å². The number of amides is 1. The van der Waals surface area contributed by atoms with Gasteiger partial charge in [0.15, 0.2) is 5.65 Å². The number of anilines is 1. The van der Waals surface area contributed by atoms with E-state index in [1.54, 1.807) is 18.2 Å². The molecule has 34 heavy (non-hydrogen) atoms. The highest BCUT2D eigenvalue weighted by molar-refractivity contribution is 9.10. The van der Waals surface area contributed by atoms with E-state index >= 15 is 0 Å². The number of halogens is 1. The number of hydrogen-bond acceptors (Lipinski definition) is 8. The van der Waals surface area contributed by atoms with Crippen molar-refractivity contribution in [3.8, 4) is 0 Å². The van der Waals surface area contributed by atoms with Gasteiger partial charge in [0.1, 0.15) is 5.56 Å². The maximum Gasteiger partial charge on any atom is 0.407 e. The van der Waals surface area contributed by atoms with Gasteiger partial charge in [-0.15, -0.1) is 0 Å². The fourth-order valence-corrected chi connectivity index (χ4v) is 6.15. The molecule has 2 aromatic heterocycles. The highest BCUT2D eigenvalue weighted by atomic mass is 79.9. The van der Waals surface area contributed by atoms with Crippen LogP contribution in [-0.2, 0) is 19.5 Å². The number of carbonyl (C=O) groups is 2. The molecule has 0 aliphatic heterocycles. The zero-order valence-electron chi connectivity index (χ0n) is 18.4. The molecular formula is C22H23BrN4O6S. The molecule has 0 bridgehead atoms. The molecule has 3 aromatic rings. The van der Waals surface area contributed by atoms with Crippen LogP contribution in [0.3, 0.4) is 0 Å².